The smallest absolute Gasteiger partial charge is 0.227 e. The van der Waals surface area contributed by atoms with Gasteiger partial charge >= 0.3 is 0 Å². The Morgan fingerprint density at radius 3 is 2.58 bits per heavy atom. The summed E-state index contributed by atoms with van der Waals surface area (Å²) in [5, 5.41) is 19.2. The molecular weight excluding hydrogens is 306 g/mol. The Morgan fingerprint density at radius 1 is 1.25 bits per heavy atom. The molecule has 1 aromatic carbocycles. The van der Waals surface area contributed by atoms with Crippen LogP contribution in [0, 0.1) is 6.92 Å². The first-order chi connectivity index (χ1) is 11.4. The molecule has 6 nitrogen and oxygen atoms in total. The number of nitrogens with zero attached hydrogens (tertiary/aromatic N) is 1. The maximum atomic E-state index is 12.0. The molecule has 1 aromatic heterocycles. The minimum Gasteiger partial charge on any atom is -0.508 e. The normalized spacial score (nSPS) is 13.5. The Bertz CT molecular complexity index is 652. The number of carbonyl (C=O) groups excluding carboxylic acids is 1. The number of nitrogens with one attached hydrogen (secondary N) is 2. The number of aromatic hydroxyl groups is 1. The van der Waals surface area contributed by atoms with Gasteiger partial charge in [-0.05, 0) is 51.3 Å². The molecule has 0 saturated heterocycles. The second kappa shape index (κ2) is 8.49. The lowest BCUT2D eigenvalue weighted by molar-refractivity contribution is -0.116. The first kappa shape index (κ1) is 18.0. The number of aryl methyl sites for hydroxylation is 2. The average Bonchev–Trinajstić information content (AvgIpc) is 2.91. The summed E-state index contributed by atoms with van der Waals surface area (Å²) in [5.74, 6) is 1.31. The van der Waals surface area contributed by atoms with E-state index in [2.05, 4.69) is 22.7 Å². The third-order valence-corrected chi connectivity index (χ3v) is 3.76. The number of benzene rings is 1. The zero-order valence-corrected chi connectivity index (χ0v) is 14.4. The molecule has 0 aliphatic heterocycles. The molecule has 0 bridgehead atoms. The van der Waals surface area contributed by atoms with Crippen molar-refractivity contribution in [1.82, 2.24) is 10.5 Å². The molecule has 130 valence electrons. The van der Waals surface area contributed by atoms with E-state index in [-0.39, 0.29) is 23.7 Å². The van der Waals surface area contributed by atoms with Gasteiger partial charge in [-0.2, -0.15) is 0 Å². The molecule has 0 saturated carbocycles. The van der Waals surface area contributed by atoms with Crippen LogP contribution in [0.25, 0.3) is 0 Å². The van der Waals surface area contributed by atoms with Crippen LogP contribution in [0.3, 0.4) is 0 Å². The number of phenols is 1. The lowest BCUT2D eigenvalue weighted by Gasteiger charge is -2.19. The standard InChI is InChI=1S/C18H25N3O3/c1-12(4-5-15-6-8-16(22)9-7-15)19-13(2)10-18(23)20-17-11-14(3)24-21-17/h6-9,11-13,19,22H,4-5,10H2,1-3H3,(H,20,21,23). The Labute approximate surface area is 142 Å². The Kier molecular flexibility index (Phi) is 6.37. The van der Waals surface area contributed by atoms with Gasteiger partial charge in [-0.1, -0.05) is 17.3 Å². The molecule has 1 heterocycles. The predicted molar refractivity (Wildman–Crippen MR) is 93.0 cm³/mol. The maximum absolute atomic E-state index is 12.0. The Balaban J connectivity index is 1.69. The fraction of sp³-hybridized carbons (Fsp3) is 0.444. The maximum Gasteiger partial charge on any atom is 0.227 e. The first-order valence-electron chi connectivity index (χ1n) is 8.19. The summed E-state index contributed by atoms with van der Waals surface area (Å²) in [6, 6.07) is 9.30. The summed E-state index contributed by atoms with van der Waals surface area (Å²) in [5.41, 5.74) is 1.19. The lowest BCUT2D eigenvalue weighted by Crippen LogP contribution is -2.37. The zero-order valence-electron chi connectivity index (χ0n) is 14.4. The molecule has 2 rings (SSSR count). The van der Waals surface area contributed by atoms with E-state index < -0.39 is 0 Å². The van der Waals surface area contributed by atoms with E-state index in [0.29, 0.717) is 18.0 Å². The van der Waals surface area contributed by atoms with E-state index in [1.807, 2.05) is 19.1 Å². The molecule has 3 N–H and O–H groups in total. The number of carbonyl (C=O) groups is 1. The van der Waals surface area contributed by atoms with Crippen LogP contribution in [0.4, 0.5) is 5.82 Å². The number of amides is 1. The Morgan fingerprint density at radius 2 is 1.96 bits per heavy atom. The second-order valence-electron chi connectivity index (χ2n) is 6.25. The topological polar surface area (TPSA) is 87.4 Å². The molecule has 6 heteroatoms. The fourth-order valence-corrected chi connectivity index (χ4v) is 2.57. The highest BCUT2D eigenvalue weighted by Crippen LogP contribution is 2.12. The van der Waals surface area contributed by atoms with Crippen LogP contribution >= 0.6 is 0 Å². The molecule has 0 aliphatic rings. The van der Waals surface area contributed by atoms with E-state index in [0.717, 1.165) is 12.8 Å². The summed E-state index contributed by atoms with van der Waals surface area (Å²) in [7, 11) is 0. The minimum absolute atomic E-state index is 0.0628. The summed E-state index contributed by atoms with van der Waals surface area (Å²) >= 11 is 0. The van der Waals surface area contributed by atoms with Crippen molar-refractivity contribution in [2.24, 2.45) is 0 Å². The summed E-state index contributed by atoms with van der Waals surface area (Å²) in [6.07, 6.45) is 2.25. The number of hydrogen-bond acceptors (Lipinski definition) is 5. The van der Waals surface area contributed by atoms with Gasteiger partial charge in [0, 0.05) is 24.6 Å². The van der Waals surface area contributed by atoms with Crippen molar-refractivity contribution in [3.05, 3.63) is 41.7 Å². The van der Waals surface area contributed by atoms with Crippen molar-refractivity contribution in [2.75, 3.05) is 5.32 Å². The molecule has 24 heavy (non-hydrogen) atoms. The van der Waals surface area contributed by atoms with E-state index >= 15 is 0 Å². The number of aromatic nitrogens is 1. The van der Waals surface area contributed by atoms with Gasteiger partial charge < -0.3 is 20.3 Å². The van der Waals surface area contributed by atoms with E-state index in [1.165, 1.54) is 5.56 Å². The van der Waals surface area contributed by atoms with E-state index in [9.17, 15) is 9.90 Å². The van der Waals surface area contributed by atoms with E-state index in [4.69, 9.17) is 4.52 Å². The third-order valence-electron chi connectivity index (χ3n) is 3.76. The zero-order chi connectivity index (χ0) is 17.5. The van der Waals surface area contributed by atoms with Crippen LogP contribution in [0.15, 0.2) is 34.9 Å². The van der Waals surface area contributed by atoms with Crippen LogP contribution in [0.2, 0.25) is 0 Å². The SMILES string of the molecule is Cc1cc(NC(=O)CC(C)NC(C)CCc2ccc(O)cc2)no1. The summed E-state index contributed by atoms with van der Waals surface area (Å²) in [6.45, 7) is 5.88. The van der Waals surface area contributed by atoms with Crippen molar-refractivity contribution < 1.29 is 14.4 Å². The van der Waals surface area contributed by atoms with Crippen molar-refractivity contribution in [1.29, 1.82) is 0 Å². The fourth-order valence-electron chi connectivity index (χ4n) is 2.57. The van der Waals surface area contributed by atoms with Crippen molar-refractivity contribution >= 4 is 11.7 Å². The lowest BCUT2D eigenvalue weighted by atomic mass is 10.0. The summed E-state index contributed by atoms with van der Waals surface area (Å²) in [4.78, 5) is 12.0. The van der Waals surface area contributed by atoms with Gasteiger partial charge in [-0.15, -0.1) is 0 Å². The van der Waals surface area contributed by atoms with Gasteiger partial charge in [-0.3, -0.25) is 4.79 Å². The van der Waals surface area contributed by atoms with Crippen LogP contribution in [0.1, 0.15) is 38.0 Å². The van der Waals surface area contributed by atoms with Crippen LogP contribution in [-0.4, -0.2) is 28.3 Å². The molecule has 2 aromatic rings. The first-order valence-corrected chi connectivity index (χ1v) is 8.19. The summed E-state index contributed by atoms with van der Waals surface area (Å²) < 4.78 is 4.92. The molecule has 0 spiro atoms. The molecule has 2 unspecified atom stereocenters. The number of phenolic OH excluding ortho intramolecular Hbond substituents is 1. The third kappa shape index (κ3) is 6.04. The monoisotopic (exact) mass is 331 g/mol. The van der Waals surface area contributed by atoms with Gasteiger partial charge in [0.1, 0.15) is 11.5 Å². The highest BCUT2D eigenvalue weighted by Gasteiger charge is 2.13. The molecule has 1 amide bonds. The van der Waals surface area contributed by atoms with Crippen molar-refractivity contribution in [3.8, 4) is 5.75 Å². The van der Waals surface area contributed by atoms with Gasteiger partial charge in [0.2, 0.25) is 5.91 Å². The largest absolute Gasteiger partial charge is 0.508 e. The highest BCUT2D eigenvalue weighted by molar-refractivity contribution is 5.90. The average molecular weight is 331 g/mol. The number of rotatable bonds is 8. The van der Waals surface area contributed by atoms with Crippen molar-refractivity contribution in [2.45, 2.75) is 52.1 Å². The highest BCUT2D eigenvalue weighted by atomic mass is 16.5. The quantitative estimate of drug-likeness (QED) is 0.692. The molecule has 0 radical (unpaired) electrons. The van der Waals surface area contributed by atoms with Gasteiger partial charge in [-0.25, -0.2) is 0 Å². The van der Waals surface area contributed by atoms with E-state index in [1.54, 1.807) is 25.1 Å². The van der Waals surface area contributed by atoms with Crippen molar-refractivity contribution in [3.63, 3.8) is 0 Å². The molecule has 2 atom stereocenters. The second-order valence-corrected chi connectivity index (χ2v) is 6.25. The van der Waals surface area contributed by atoms with Crippen LogP contribution in [-0.2, 0) is 11.2 Å². The van der Waals surface area contributed by atoms with Crippen LogP contribution in [0.5, 0.6) is 5.75 Å². The van der Waals surface area contributed by atoms with Crippen LogP contribution < -0.4 is 10.6 Å². The molecule has 0 aliphatic carbocycles. The minimum atomic E-state index is -0.0889. The Hall–Kier alpha value is -2.34. The van der Waals surface area contributed by atoms with Gasteiger partial charge in [0.25, 0.3) is 0 Å². The number of anilines is 1. The van der Waals surface area contributed by atoms with Gasteiger partial charge in [0.05, 0.1) is 0 Å². The van der Waals surface area contributed by atoms with Gasteiger partial charge in [0.15, 0.2) is 5.82 Å². The number of hydrogen-bond donors (Lipinski definition) is 3. The predicted octanol–water partition coefficient (Wildman–Crippen LogP) is 3.02. The molecular formula is C18H25N3O3. The molecule has 0 fully saturated rings.